The molecule has 0 fully saturated rings. The summed E-state index contributed by atoms with van der Waals surface area (Å²) in [5, 5.41) is 4.02. The van der Waals surface area contributed by atoms with Gasteiger partial charge < -0.3 is 14.9 Å². The highest BCUT2D eigenvalue weighted by Gasteiger charge is 2.27. The molecule has 7 heteroatoms. The van der Waals surface area contributed by atoms with Crippen molar-refractivity contribution >= 4 is 17.7 Å². The van der Waals surface area contributed by atoms with Crippen molar-refractivity contribution in [2.24, 2.45) is 0 Å². The number of benzene rings is 1. The summed E-state index contributed by atoms with van der Waals surface area (Å²) < 4.78 is 2.14. The summed E-state index contributed by atoms with van der Waals surface area (Å²) in [4.78, 5) is 25.0. The first-order valence-corrected chi connectivity index (χ1v) is 9.39. The molecule has 0 aliphatic carbocycles. The number of imidazole rings is 2. The zero-order valence-corrected chi connectivity index (χ0v) is 14.3. The topological polar surface area (TPSA) is 75.6 Å². The Kier molecular flexibility index (Phi) is 3.41. The molecule has 2 aromatic heterocycles. The number of fused-ring (bicyclic) bond motifs is 2. The van der Waals surface area contributed by atoms with Crippen LogP contribution in [-0.2, 0) is 13.0 Å². The Morgan fingerprint density at radius 2 is 2.08 bits per heavy atom. The van der Waals surface area contributed by atoms with Gasteiger partial charge in [0.2, 0.25) is 0 Å². The van der Waals surface area contributed by atoms with Gasteiger partial charge in [0.1, 0.15) is 11.4 Å². The van der Waals surface area contributed by atoms with Gasteiger partial charge in [0, 0.05) is 36.7 Å². The molecule has 0 saturated carbocycles. The van der Waals surface area contributed by atoms with E-state index in [9.17, 15) is 4.79 Å². The highest BCUT2D eigenvalue weighted by atomic mass is 32.2. The van der Waals surface area contributed by atoms with Crippen LogP contribution in [-0.4, -0.2) is 37.7 Å². The minimum atomic E-state index is -0.114. The fraction of sp³-hybridized carbons (Fsp3) is 0.278. The second kappa shape index (κ2) is 5.77. The summed E-state index contributed by atoms with van der Waals surface area (Å²) in [6.07, 6.45) is 2.77. The summed E-state index contributed by atoms with van der Waals surface area (Å²) >= 11 is 1.75. The van der Waals surface area contributed by atoms with Crippen LogP contribution >= 0.6 is 11.8 Å². The Balaban J connectivity index is 1.50. The molecule has 126 valence electrons. The molecule has 1 unspecified atom stereocenters. The van der Waals surface area contributed by atoms with E-state index >= 15 is 0 Å². The van der Waals surface area contributed by atoms with Crippen molar-refractivity contribution < 1.29 is 4.79 Å². The maximum Gasteiger partial charge on any atom is 0.271 e. The zero-order valence-electron chi connectivity index (χ0n) is 13.5. The number of aromatic amines is 1. The van der Waals surface area contributed by atoms with Gasteiger partial charge in [-0.05, 0) is 12.0 Å². The molecule has 2 aliphatic rings. The molecular formula is C18H17N5OS. The predicted octanol–water partition coefficient (Wildman–Crippen LogP) is 2.45. The molecule has 4 heterocycles. The van der Waals surface area contributed by atoms with Gasteiger partial charge in [-0.15, -0.1) is 0 Å². The molecule has 2 aliphatic heterocycles. The first kappa shape index (κ1) is 14.8. The lowest BCUT2D eigenvalue weighted by Gasteiger charge is -2.14. The predicted molar refractivity (Wildman–Crippen MR) is 95.8 cm³/mol. The smallest absolute Gasteiger partial charge is 0.271 e. The number of thioether (sulfide) groups is 1. The second-order valence-electron chi connectivity index (χ2n) is 6.38. The molecule has 2 N–H and O–H groups in total. The quantitative estimate of drug-likeness (QED) is 0.744. The van der Waals surface area contributed by atoms with Crippen LogP contribution in [0.2, 0.25) is 0 Å². The first-order chi connectivity index (χ1) is 12.3. The van der Waals surface area contributed by atoms with E-state index in [1.54, 1.807) is 11.8 Å². The van der Waals surface area contributed by atoms with E-state index in [4.69, 9.17) is 0 Å². The van der Waals surface area contributed by atoms with Crippen LogP contribution in [0.5, 0.6) is 0 Å². The number of amides is 1. The number of carbonyl (C=O) groups excluding carboxylic acids is 1. The van der Waals surface area contributed by atoms with Gasteiger partial charge >= 0.3 is 0 Å². The van der Waals surface area contributed by atoms with E-state index < -0.39 is 0 Å². The van der Waals surface area contributed by atoms with Gasteiger partial charge in [0.15, 0.2) is 11.0 Å². The van der Waals surface area contributed by atoms with Gasteiger partial charge in [-0.25, -0.2) is 9.97 Å². The van der Waals surface area contributed by atoms with Crippen LogP contribution < -0.4 is 5.32 Å². The average Bonchev–Trinajstić information content (AvgIpc) is 3.31. The number of nitrogens with zero attached hydrogens (tertiary/aromatic N) is 3. The Morgan fingerprint density at radius 1 is 1.20 bits per heavy atom. The van der Waals surface area contributed by atoms with Crippen molar-refractivity contribution in [3.05, 3.63) is 53.5 Å². The molecule has 0 bridgehead atoms. The Morgan fingerprint density at radius 3 is 2.92 bits per heavy atom. The van der Waals surface area contributed by atoms with E-state index in [0.717, 1.165) is 35.3 Å². The lowest BCUT2D eigenvalue weighted by atomic mass is 9.94. The molecule has 3 aromatic rings. The molecule has 0 radical (unpaired) electrons. The first-order valence-electron chi connectivity index (χ1n) is 8.40. The Labute approximate surface area is 149 Å². The summed E-state index contributed by atoms with van der Waals surface area (Å²) in [7, 11) is 0. The lowest BCUT2D eigenvalue weighted by Crippen LogP contribution is -2.26. The van der Waals surface area contributed by atoms with E-state index in [0.29, 0.717) is 18.1 Å². The van der Waals surface area contributed by atoms with E-state index in [2.05, 4.69) is 37.0 Å². The van der Waals surface area contributed by atoms with Crippen molar-refractivity contribution in [1.82, 2.24) is 24.8 Å². The molecule has 25 heavy (non-hydrogen) atoms. The van der Waals surface area contributed by atoms with E-state index in [1.165, 1.54) is 5.56 Å². The number of H-pyrrole nitrogens is 1. The summed E-state index contributed by atoms with van der Waals surface area (Å²) in [6, 6.07) is 10.3. The van der Waals surface area contributed by atoms with Crippen LogP contribution in [0, 0.1) is 0 Å². The normalized spacial score (nSPS) is 19.2. The van der Waals surface area contributed by atoms with Gasteiger partial charge in [-0.3, -0.25) is 4.79 Å². The summed E-state index contributed by atoms with van der Waals surface area (Å²) in [5.74, 6) is 1.87. The fourth-order valence-electron chi connectivity index (χ4n) is 3.47. The van der Waals surface area contributed by atoms with Crippen molar-refractivity contribution in [2.45, 2.75) is 24.0 Å². The van der Waals surface area contributed by atoms with Crippen molar-refractivity contribution in [1.29, 1.82) is 0 Å². The number of rotatable bonds is 2. The van der Waals surface area contributed by atoms with Gasteiger partial charge in [0.25, 0.3) is 5.91 Å². The number of nitrogens with one attached hydrogen (secondary N) is 2. The van der Waals surface area contributed by atoms with Gasteiger partial charge in [-0.2, -0.15) is 0 Å². The van der Waals surface area contributed by atoms with Gasteiger partial charge in [-0.1, -0.05) is 42.1 Å². The van der Waals surface area contributed by atoms with Crippen LogP contribution in [0.25, 0.3) is 11.5 Å². The largest absolute Gasteiger partial charge is 0.350 e. The van der Waals surface area contributed by atoms with Crippen molar-refractivity contribution in [3.63, 3.8) is 0 Å². The molecular weight excluding hydrogens is 334 g/mol. The molecule has 1 aromatic carbocycles. The van der Waals surface area contributed by atoms with Crippen molar-refractivity contribution in [3.8, 4) is 11.5 Å². The Hall–Kier alpha value is -2.54. The SMILES string of the molecule is O=C1NCC(c2ccccc2)Cc2[nH]c(-c3cn4c(n3)SCC4)nc21. The monoisotopic (exact) mass is 351 g/mol. The molecule has 1 amide bonds. The van der Waals surface area contributed by atoms with Crippen LogP contribution in [0.1, 0.15) is 27.7 Å². The molecule has 0 spiro atoms. The minimum absolute atomic E-state index is 0.114. The number of hydrogen-bond donors (Lipinski definition) is 2. The third-order valence-electron chi connectivity index (χ3n) is 4.77. The third-order valence-corrected chi connectivity index (χ3v) is 5.74. The number of hydrogen-bond acceptors (Lipinski definition) is 4. The van der Waals surface area contributed by atoms with E-state index in [-0.39, 0.29) is 11.8 Å². The average molecular weight is 351 g/mol. The molecule has 1 atom stereocenters. The third kappa shape index (κ3) is 2.55. The summed E-state index contributed by atoms with van der Waals surface area (Å²) in [5.41, 5.74) is 3.41. The molecule has 0 saturated heterocycles. The van der Waals surface area contributed by atoms with Crippen LogP contribution in [0.4, 0.5) is 0 Å². The highest BCUT2D eigenvalue weighted by molar-refractivity contribution is 7.99. The molecule has 6 nitrogen and oxygen atoms in total. The zero-order chi connectivity index (χ0) is 16.8. The second-order valence-corrected chi connectivity index (χ2v) is 7.45. The van der Waals surface area contributed by atoms with E-state index in [1.807, 2.05) is 24.4 Å². The standard InChI is InChI=1S/C18H17N5OS/c24-17-15-13(8-12(9-19-17)11-4-2-1-3-5-11)20-16(22-15)14-10-23-6-7-25-18(23)21-14/h1-5,10,12H,6-9H2,(H,19,24)(H,20,22). The maximum atomic E-state index is 12.4. The lowest BCUT2D eigenvalue weighted by molar-refractivity contribution is 0.0950. The highest BCUT2D eigenvalue weighted by Crippen LogP contribution is 2.30. The number of carbonyl (C=O) groups is 1. The maximum absolute atomic E-state index is 12.4. The fourth-order valence-corrected chi connectivity index (χ4v) is 4.41. The van der Waals surface area contributed by atoms with Crippen LogP contribution in [0.3, 0.4) is 0 Å². The number of aromatic nitrogens is 4. The van der Waals surface area contributed by atoms with Gasteiger partial charge in [0.05, 0.1) is 0 Å². The van der Waals surface area contributed by atoms with Crippen molar-refractivity contribution in [2.75, 3.05) is 12.3 Å². The molecule has 5 rings (SSSR count). The number of aryl methyl sites for hydroxylation is 1. The van der Waals surface area contributed by atoms with Crippen LogP contribution in [0.15, 0.2) is 41.7 Å². The summed E-state index contributed by atoms with van der Waals surface area (Å²) in [6.45, 7) is 1.60. The Bertz CT molecular complexity index is 924. The minimum Gasteiger partial charge on any atom is -0.350 e.